The molecular formula is C60H80I3N5O22Y5-6. The number of esters is 2. The second-order valence-corrected chi connectivity index (χ2v) is 42.3. The predicted molar refractivity (Wildman–Crippen MR) is 327 cm³/mol. The van der Waals surface area contributed by atoms with E-state index in [4.69, 9.17) is 50.5 Å². The van der Waals surface area contributed by atoms with Crippen LogP contribution < -0.4 is 30.0 Å². The number of rotatable bonds is 13. The first-order valence-corrected chi connectivity index (χ1v) is 41.0. The van der Waals surface area contributed by atoms with Gasteiger partial charge in [-0.3, -0.25) is 80.3 Å². The number of hydrogen-bond acceptors (Lipinski definition) is 18. The number of carboxylic acid groups (broad SMARTS) is 6. The number of cyclic esters (lactones) is 2. The second-order valence-electron chi connectivity index (χ2n) is 26.1. The van der Waals surface area contributed by atoms with Gasteiger partial charge in [-0.05, 0) is 90.0 Å². The van der Waals surface area contributed by atoms with Gasteiger partial charge in [0.15, 0.2) is 13.5 Å². The summed E-state index contributed by atoms with van der Waals surface area (Å²) in [6, 6.07) is 0. The van der Waals surface area contributed by atoms with Gasteiger partial charge in [0.2, 0.25) is 0 Å². The van der Waals surface area contributed by atoms with Crippen molar-refractivity contribution in [1.29, 1.82) is 0 Å². The predicted octanol–water partition coefficient (Wildman–Crippen LogP) is 2.98. The summed E-state index contributed by atoms with van der Waals surface area (Å²) in [6.07, 6.45) is 13.5. The van der Waals surface area contributed by atoms with E-state index < -0.39 is 122 Å². The molecule has 2 saturated heterocycles. The molecule has 11 N–H and O–H groups in total. The molecule has 519 valence electrons. The molecule has 12 aliphatic rings. The minimum Gasteiger partial charge on any atom is 0 e. The summed E-state index contributed by atoms with van der Waals surface area (Å²) in [6.45, 7) is 23.4. The van der Waals surface area contributed by atoms with Gasteiger partial charge < -0.3 is 71.1 Å². The maximum atomic E-state index is 12.2. The molecule has 0 aromatic heterocycles. The standard InChI is InChI=1S/C14H16NO6.C14H18NO4.C13H16NO6.C9H12NO4.C9H14NO2.CH4.I3.5Y/c1-3-6-20-12(19)15-7-21-11(18)14(15)5-4-8-9(14)13(8,2)10(16)17;1-4-7-18-12(17)15-8-19-11(16)14(15)6-5-9-10(14)13(9,2)3;1-3-6-20-11(19)14-13(10(17)18)5-4-7-8(13)12(7,2)9(15)16;1-8(6(11)12)4-2-3-9(10,5(4)8)7(13)14;1-8(2)5-3-4-9(10,6(5)8)7(11)12;;1-3-2;;;;;/h3,5,8-9H,1,4,6-7H2,2H3,(H,16,17);4,6,9-10H,1,5,7-8H2,2-3H3;3,5,7-8H,1,4,6H2,2H3,(H,14,19)(H,15,16)(H,17,18);3-5H,2,10H2,1H3,(H,11,12)(H,13,14);4-6H,3,10H2,1-2H3,(H,11,12);1H4;;;;;;/q5*-1;;-1;;;;;. The Hall–Kier alpha value is 0.419. The molecule has 2 spiro atoms. The van der Waals surface area contributed by atoms with E-state index in [1.807, 2.05) is 6.42 Å². The molecule has 0 aromatic rings. The number of nitrogens with two attached hydrogens (primary N) is 2. The molecule has 95 heavy (non-hydrogen) atoms. The SMILES string of the molecule is C.C=CCOC(=O)N1COC(=O)C12[CH-]CC1C2C1(C)C.C=CCOC(=O)N1COC(=O)C12[CH-]CC1C2C1(C)C(=O)O.C=CCOC(=O)NC1(C(=O)O)[CH-]CC2C1C2(C)C(=O)O.CC1(C(=O)O)C2C[CH-]C(N)(C(=O)O)C21.CC1(C)C2C[CH-]C(N)(C(=O)O)C21.I[I-]I.[Y].[Y].[Y].[Y].[Y]. The summed E-state index contributed by atoms with van der Waals surface area (Å²) in [5, 5.41) is 57.2. The van der Waals surface area contributed by atoms with Gasteiger partial charge in [0, 0.05) is 180 Å². The number of alkyl carbamates (subject to hydrolysis) is 1. The van der Waals surface area contributed by atoms with Crippen LogP contribution in [0.25, 0.3) is 0 Å². The molecule has 5 radical (unpaired) electrons. The van der Waals surface area contributed by atoms with E-state index in [-0.39, 0.29) is 251 Å². The number of nitrogens with one attached hydrogen (secondary N) is 1. The van der Waals surface area contributed by atoms with Crippen molar-refractivity contribution in [2.24, 2.45) is 97.7 Å². The maximum absolute atomic E-state index is 12.2. The van der Waals surface area contributed by atoms with Crippen LogP contribution in [0.15, 0.2) is 38.0 Å². The number of fused-ring (bicyclic) bond motifs is 7. The fraction of sp³-hybridized carbons (Fsp3) is 0.633. The third kappa shape index (κ3) is 15.9. The average molecular weight is 2050 g/mol. The molecule has 27 nitrogen and oxygen atoms in total. The first-order valence-electron chi connectivity index (χ1n) is 28.4. The number of carbonyl (C=O) groups excluding carboxylic acids is 5. The Bertz CT molecular complexity index is 3020. The van der Waals surface area contributed by atoms with E-state index in [2.05, 4.69) is 90.0 Å². The third-order valence-corrected chi connectivity index (χ3v) is 21.6. The van der Waals surface area contributed by atoms with Gasteiger partial charge in [0.25, 0.3) is 17.9 Å². The zero-order valence-electron chi connectivity index (χ0n) is 52.9. The van der Waals surface area contributed by atoms with Crippen molar-refractivity contribution >= 4 is 103 Å². The Kier molecular flexibility index (Phi) is 34.0. The normalized spacial score (nSPS) is 38.1. The number of aliphatic carboxylic acids is 6. The van der Waals surface area contributed by atoms with E-state index in [1.165, 1.54) is 47.8 Å². The molecule has 10 saturated carbocycles. The molecule has 2 heterocycles. The van der Waals surface area contributed by atoms with Crippen LogP contribution in [0.2, 0.25) is 0 Å². The van der Waals surface area contributed by atoms with Crippen molar-refractivity contribution in [2.45, 2.75) is 116 Å². The first kappa shape index (κ1) is 93.4. The van der Waals surface area contributed by atoms with Crippen LogP contribution in [-0.4, -0.2) is 167 Å². The van der Waals surface area contributed by atoms with E-state index in [9.17, 15) is 68.1 Å². The summed E-state index contributed by atoms with van der Waals surface area (Å²) >= 11 is 5.30. The molecule has 0 bridgehead atoms. The molecule has 12 fully saturated rings. The molecule has 3 amide bonds. The monoisotopic (exact) mass is 2050 g/mol. The molecule has 35 heteroatoms. The number of ether oxygens (including phenoxy) is 5. The van der Waals surface area contributed by atoms with Crippen LogP contribution in [0, 0.1) is 118 Å². The number of halogens is 3. The molecule has 18 unspecified atom stereocenters. The number of nitrogens with zero attached hydrogens (tertiary/aromatic N) is 2. The van der Waals surface area contributed by atoms with E-state index in [0.29, 0.717) is 44.4 Å². The van der Waals surface area contributed by atoms with Gasteiger partial charge in [0.05, 0.1) is 16.2 Å². The van der Waals surface area contributed by atoms with Crippen molar-refractivity contribution in [2.75, 3.05) is 33.3 Å². The van der Waals surface area contributed by atoms with E-state index >= 15 is 0 Å². The Morgan fingerprint density at radius 2 is 0.832 bits per heavy atom. The van der Waals surface area contributed by atoms with Crippen LogP contribution in [0.5, 0.6) is 0 Å². The summed E-state index contributed by atoms with van der Waals surface area (Å²) in [7, 11) is 0. The quantitative estimate of drug-likeness (QED) is 0.0421. The summed E-state index contributed by atoms with van der Waals surface area (Å²) in [4.78, 5) is 130. The number of carbonyl (C=O) groups is 11. The van der Waals surface area contributed by atoms with Crippen molar-refractivity contribution in [3.63, 3.8) is 0 Å². The summed E-state index contributed by atoms with van der Waals surface area (Å²) < 4.78 is 24.9. The van der Waals surface area contributed by atoms with Crippen molar-refractivity contribution in [3.8, 4) is 0 Å². The molecule has 0 aromatic carbocycles. The van der Waals surface area contributed by atoms with E-state index in [0.717, 1.165) is 12.8 Å². The maximum Gasteiger partial charge on any atom is 0 e. The molecule has 18 atom stereocenters. The van der Waals surface area contributed by atoms with Crippen LogP contribution in [0.3, 0.4) is 0 Å². The Morgan fingerprint density at radius 1 is 0.516 bits per heavy atom. The molecular weight excluding hydrogens is 1970 g/mol. The van der Waals surface area contributed by atoms with Crippen LogP contribution in [0.1, 0.15) is 88.0 Å². The molecule has 2 aliphatic heterocycles. The third-order valence-electron chi connectivity index (χ3n) is 21.6. The Balaban J connectivity index is 0.000000585. The van der Waals surface area contributed by atoms with Crippen molar-refractivity contribution < 1.29 is 284 Å². The van der Waals surface area contributed by atoms with Gasteiger partial charge in [-0.25, -0.2) is 14.4 Å². The number of hydrogen-bond donors (Lipinski definition) is 9. The second kappa shape index (κ2) is 34.6. The topological polar surface area (TPSA) is 426 Å². The van der Waals surface area contributed by atoms with Gasteiger partial charge >= 0.3 is 98.6 Å². The smallest absolute Gasteiger partial charge is 0 e. The fourth-order valence-corrected chi connectivity index (χ4v) is 16.5. The molecule has 12 rings (SSSR count). The van der Waals surface area contributed by atoms with Gasteiger partial charge in [-0.2, -0.15) is 32.1 Å². The number of carboxylic acids is 6. The Labute approximate surface area is 708 Å². The van der Waals surface area contributed by atoms with Crippen molar-refractivity contribution in [3.05, 3.63) is 70.1 Å². The number of amides is 3. The van der Waals surface area contributed by atoms with Gasteiger partial charge in [-0.1, -0.05) is 84.9 Å². The van der Waals surface area contributed by atoms with Crippen molar-refractivity contribution in [1.82, 2.24) is 15.1 Å². The van der Waals surface area contributed by atoms with Gasteiger partial charge in [0.1, 0.15) is 19.8 Å². The van der Waals surface area contributed by atoms with Gasteiger partial charge in [-0.15, -0.1) is 0 Å². The van der Waals surface area contributed by atoms with Crippen LogP contribution in [-0.2, 0) is 226 Å². The zero-order valence-corrected chi connectivity index (χ0v) is 73.5. The largest absolute Gasteiger partial charge is 0 e. The van der Waals surface area contributed by atoms with E-state index in [1.54, 1.807) is 26.7 Å². The summed E-state index contributed by atoms with van der Waals surface area (Å²) in [5.74, 6) is -8.00. The first-order chi connectivity index (χ1) is 41.3. The minimum absolute atomic E-state index is 0. The average Bonchev–Trinajstić information content (AvgIpc) is 1.52. The molecule has 10 aliphatic carbocycles. The summed E-state index contributed by atoms with van der Waals surface area (Å²) in [5.41, 5.74) is 2.24. The zero-order chi connectivity index (χ0) is 67.0. The Morgan fingerprint density at radius 3 is 1.16 bits per heavy atom. The minimum atomic E-state index is -1.68. The van der Waals surface area contributed by atoms with Crippen LogP contribution >= 0.6 is 37.2 Å². The fourth-order valence-electron chi connectivity index (χ4n) is 16.5. The van der Waals surface area contributed by atoms with Crippen LogP contribution in [0.4, 0.5) is 14.4 Å².